The number of nitrogens with one attached hydrogen (secondary N) is 1. The Kier molecular flexibility index (Phi) is 4.29. The van der Waals surface area contributed by atoms with Gasteiger partial charge in [0.15, 0.2) is 0 Å². The Hall–Kier alpha value is -1.72. The molecular formula is C14H21N5. The SMILES string of the molecule is CCCn1nncc1C(NN)c1cccc(C)c1C. The maximum absolute atomic E-state index is 5.76. The molecule has 5 heteroatoms. The van der Waals surface area contributed by atoms with Gasteiger partial charge in [0.2, 0.25) is 0 Å². The topological polar surface area (TPSA) is 68.8 Å². The number of rotatable bonds is 5. The summed E-state index contributed by atoms with van der Waals surface area (Å²) in [5.41, 5.74) is 7.56. The van der Waals surface area contributed by atoms with Crippen LogP contribution in [0.4, 0.5) is 0 Å². The Bertz CT molecular complexity index is 547. The molecular weight excluding hydrogens is 238 g/mol. The van der Waals surface area contributed by atoms with Crippen LogP contribution in [0.5, 0.6) is 0 Å². The molecule has 1 atom stereocenters. The summed E-state index contributed by atoms with van der Waals surface area (Å²) in [5.74, 6) is 5.76. The first-order chi connectivity index (χ1) is 9.19. The maximum atomic E-state index is 5.76. The van der Waals surface area contributed by atoms with E-state index in [9.17, 15) is 0 Å². The second-order valence-corrected chi connectivity index (χ2v) is 4.77. The van der Waals surface area contributed by atoms with Crippen LogP contribution in [-0.4, -0.2) is 15.0 Å². The first-order valence-corrected chi connectivity index (χ1v) is 6.59. The molecule has 0 aliphatic carbocycles. The molecule has 5 nitrogen and oxygen atoms in total. The van der Waals surface area contributed by atoms with E-state index < -0.39 is 0 Å². The highest BCUT2D eigenvalue weighted by Crippen LogP contribution is 2.25. The standard InChI is InChI=1S/C14H21N5/c1-4-8-19-13(9-16-18-19)14(17-15)12-7-5-6-10(2)11(12)3/h5-7,9,14,17H,4,8,15H2,1-3H3. The van der Waals surface area contributed by atoms with Gasteiger partial charge in [0, 0.05) is 6.54 Å². The second-order valence-electron chi connectivity index (χ2n) is 4.77. The van der Waals surface area contributed by atoms with Crippen molar-refractivity contribution in [1.82, 2.24) is 20.4 Å². The lowest BCUT2D eigenvalue weighted by atomic mass is 9.96. The summed E-state index contributed by atoms with van der Waals surface area (Å²) in [5, 5.41) is 8.13. The molecule has 1 unspecified atom stereocenters. The molecule has 2 aromatic rings. The van der Waals surface area contributed by atoms with E-state index in [2.05, 4.69) is 54.7 Å². The monoisotopic (exact) mass is 259 g/mol. The summed E-state index contributed by atoms with van der Waals surface area (Å²) in [6.07, 6.45) is 2.79. The molecule has 19 heavy (non-hydrogen) atoms. The Labute approximate surface area is 113 Å². The van der Waals surface area contributed by atoms with Crippen molar-refractivity contribution >= 4 is 0 Å². The number of nitrogens with two attached hydrogens (primary N) is 1. The fraction of sp³-hybridized carbons (Fsp3) is 0.429. The van der Waals surface area contributed by atoms with E-state index in [-0.39, 0.29) is 6.04 Å². The normalized spacial score (nSPS) is 12.6. The van der Waals surface area contributed by atoms with Gasteiger partial charge in [-0.3, -0.25) is 5.84 Å². The van der Waals surface area contributed by atoms with Crippen molar-refractivity contribution in [2.75, 3.05) is 0 Å². The predicted molar refractivity (Wildman–Crippen MR) is 75.4 cm³/mol. The van der Waals surface area contributed by atoms with E-state index in [4.69, 9.17) is 5.84 Å². The maximum Gasteiger partial charge on any atom is 0.0897 e. The van der Waals surface area contributed by atoms with Crippen LogP contribution in [0, 0.1) is 13.8 Å². The fourth-order valence-electron chi connectivity index (χ4n) is 2.30. The van der Waals surface area contributed by atoms with Crippen molar-refractivity contribution in [3.8, 4) is 0 Å². The van der Waals surface area contributed by atoms with Crippen LogP contribution < -0.4 is 11.3 Å². The molecule has 0 fully saturated rings. The first kappa shape index (κ1) is 13.7. The second kappa shape index (κ2) is 5.95. The van der Waals surface area contributed by atoms with Crippen molar-refractivity contribution in [2.45, 2.75) is 39.8 Å². The van der Waals surface area contributed by atoms with Gasteiger partial charge in [-0.2, -0.15) is 0 Å². The van der Waals surface area contributed by atoms with Crippen LogP contribution in [0.25, 0.3) is 0 Å². The highest BCUT2D eigenvalue weighted by Gasteiger charge is 2.19. The number of hydrazine groups is 1. The van der Waals surface area contributed by atoms with E-state index in [1.165, 1.54) is 16.7 Å². The first-order valence-electron chi connectivity index (χ1n) is 6.59. The summed E-state index contributed by atoms with van der Waals surface area (Å²) in [6, 6.07) is 6.17. The minimum Gasteiger partial charge on any atom is -0.271 e. The summed E-state index contributed by atoms with van der Waals surface area (Å²) in [7, 11) is 0. The zero-order valence-electron chi connectivity index (χ0n) is 11.7. The highest BCUT2D eigenvalue weighted by atomic mass is 15.4. The zero-order valence-corrected chi connectivity index (χ0v) is 11.7. The van der Waals surface area contributed by atoms with Crippen molar-refractivity contribution in [2.24, 2.45) is 5.84 Å². The number of benzene rings is 1. The van der Waals surface area contributed by atoms with Crippen LogP contribution >= 0.6 is 0 Å². The Morgan fingerprint density at radius 3 is 2.84 bits per heavy atom. The summed E-state index contributed by atoms with van der Waals surface area (Å²) in [4.78, 5) is 0. The molecule has 1 aromatic carbocycles. The van der Waals surface area contributed by atoms with E-state index in [1.54, 1.807) is 6.20 Å². The average Bonchev–Trinajstić information content (AvgIpc) is 2.84. The molecule has 2 rings (SSSR count). The molecule has 102 valence electrons. The molecule has 1 heterocycles. The van der Waals surface area contributed by atoms with Crippen LogP contribution in [0.3, 0.4) is 0 Å². The third kappa shape index (κ3) is 2.67. The largest absolute Gasteiger partial charge is 0.271 e. The van der Waals surface area contributed by atoms with E-state index >= 15 is 0 Å². The minimum atomic E-state index is -0.0820. The molecule has 0 aliphatic rings. The zero-order chi connectivity index (χ0) is 13.8. The number of hydrogen-bond donors (Lipinski definition) is 2. The minimum absolute atomic E-state index is 0.0820. The summed E-state index contributed by atoms with van der Waals surface area (Å²) >= 11 is 0. The molecule has 0 amide bonds. The Morgan fingerprint density at radius 2 is 2.16 bits per heavy atom. The molecule has 0 radical (unpaired) electrons. The van der Waals surface area contributed by atoms with Crippen molar-refractivity contribution in [3.05, 3.63) is 46.8 Å². The van der Waals surface area contributed by atoms with E-state index in [0.717, 1.165) is 18.7 Å². The van der Waals surface area contributed by atoms with Crippen molar-refractivity contribution < 1.29 is 0 Å². The number of nitrogens with zero attached hydrogens (tertiary/aromatic N) is 3. The Balaban J connectivity index is 2.44. The van der Waals surface area contributed by atoms with Crippen LogP contribution in [0.1, 0.15) is 41.8 Å². The molecule has 0 bridgehead atoms. The fourth-order valence-corrected chi connectivity index (χ4v) is 2.30. The molecule has 0 aliphatic heterocycles. The van der Waals surface area contributed by atoms with Crippen molar-refractivity contribution in [1.29, 1.82) is 0 Å². The molecule has 0 saturated heterocycles. The van der Waals surface area contributed by atoms with Crippen molar-refractivity contribution in [3.63, 3.8) is 0 Å². The molecule has 3 N–H and O–H groups in total. The summed E-state index contributed by atoms with van der Waals surface area (Å²) < 4.78 is 1.91. The number of aryl methyl sites for hydroxylation is 2. The number of hydrogen-bond acceptors (Lipinski definition) is 4. The van der Waals surface area contributed by atoms with Gasteiger partial charge in [0.05, 0.1) is 17.9 Å². The lowest BCUT2D eigenvalue weighted by molar-refractivity contribution is 0.511. The van der Waals surface area contributed by atoms with Gasteiger partial charge in [0.1, 0.15) is 0 Å². The molecule has 0 spiro atoms. The van der Waals surface area contributed by atoms with E-state index in [0.29, 0.717) is 0 Å². The van der Waals surface area contributed by atoms with Gasteiger partial charge in [-0.25, -0.2) is 10.1 Å². The predicted octanol–water partition coefficient (Wildman–Crippen LogP) is 1.86. The van der Waals surface area contributed by atoms with Crippen LogP contribution in [0.15, 0.2) is 24.4 Å². The quantitative estimate of drug-likeness (QED) is 0.635. The Morgan fingerprint density at radius 1 is 1.37 bits per heavy atom. The number of aromatic nitrogens is 3. The van der Waals surface area contributed by atoms with Crippen LogP contribution in [0.2, 0.25) is 0 Å². The highest BCUT2D eigenvalue weighted by molar-refractivity contribution is 5.38. The third-order valence-corrected chi connectivity index (χ3v) is 3.50. The molecule has 1 aromatic heterocycles. The van der Waals surface area contributed by atoms with Gasteiger partial charge >= 0.3 is 0 Å². The van der Waals surface area contributed by atoms with Gasteiger partial charge in [-0.15, -0.1) is 5.10 Å². The summed E-state index contributed by atoms with van der Waals surface area (Å²) in [6.45, 7) is 7.18. The van der Waals surface area contributed by atoms with Gasteiger partial charge < -0.3 is 0 Å². The lowest BCUT2D eigenvalue weighted by Gasteiger charge is -2.20. The van der Waals surface area contributed by atoms with E-state index in [1.807, 2.05) is 4.68 Å². The van der Waals surface area contributed by atoms with Crippen LogP contribution in [-0.2, 0) is 6.54 Å². The average molecular weight is 259 g/mol. The lowest BCUT2D eigenvalue weighted by Crippen LogP contribution is -2.31. The van der Waals surface area contributed by atoms with Gasteiger partial charge in [-0.1, -0.05) is 30.3 Å². The van der Waals surface area contributed by atoms with Gasteiger partial charge in [-0.05, 0) is 37.0 Å². The smallest absolute Gasteiger partial charge is 0.0897 e. The van der Waals surface area contributed by atoms with Gasteiger partial charge in [0.25, 0.3) is 0 Å². The third-order valence-electron chi connectivity index (χ3n) is 3.50. The molecule has 0 saturated carbocycles.